The standard InChI is InChI=1S/C76H84N2O8/c1-5-9-13-25-73(79)83-69-45-47-71(85-75(81)27-15-11-7-3)67-51-63(41-43-65(67)69)77(61-39-33-53-21-17-19-23-57(53)49-61)59-35-29-55(30-36-59)56-31-37-60(38-32-56)78(62-40-34-54-22-18-20-24-58(54)50-62)64-42-44-66-68(52-64)72(86-76(82)28-16-12-8-4)48-46-70(66)84-74(80)26-14-10-6-2/h17-24,29-44,49-52,69-72H,5-16,25-28,45-48H2,1-4H3. The Bertz CT molecular complexity index is 3360. The monoisotopic (exact) mass is 1150 g/mol. The molecule has 0 saturated carbocycles. The summed E-state index contributed by atoms with van der Waals surface area (Å²) in [7, 11) is 0. The Morgan fingerprint density at radius 2 is 0.593 bits per heavy atom. The van der Waals surface area contributed by atoms with E-state index < -0.39 is 24.4 Å². The molecule has 4 unspecified atom stereocenters. The molecule has 2 aliphatic carbocycles. The van der Waals surface area contributed by atoms with E-state index in [1.54, 1.807) is 0 Å². The highest BCUT2D eigenvalue weighted by molar-refractivity contribution is 5.91. The second-order valence-corrected chi connectivity index (χ2v) is 23.4. The van der Waals surface area contributed by atoms with Gasteiger partial charge in [-0.05, 0) is 168 Å². The molecule has 8 aromatic rings. The summed E-state index contributed by atoms with van der Waals surface area (Å²) in [5, 5.41) is 4.49. The number of anilines is 6. The van der Waals surface area contributed by atoms with E-state index in [1.807, 2.05) is 0 Å². The van der Waals surface area contributed by atoms with E-state index in [0.29, 0.717) is 51.4 Å². The molecule has 2 aliphatic rings. The van der Waals surface area contributed by atoms with Crippen molar-refractivity contribution in [3.63, 3.8) is 0 Å². The zero-order chi connectivity index (χ0) is 59.8. The Kier molecular flexibility index (Phi) is 21.0. The van der Waals surface area contributed by atoms with Gasteiger partial charge in [0.05, 0.1) is 0 Å². The molecule has 8 aromatic carbocycles. The average molecular weight is 1150 g/mol. The zero-order valence-electron chi connectivity index (χ0n) is 50.8. The first-order valence-electron chi connectivity index (χ1n) is 31.9. The van der Waals surface area contributed by atoms with Crippen molar-refractivity contribution in [2.24, 2.45) is 0 Å². The van der Waals surface area contributed by atoms with Gasteiger partial charge in [-0.3, -0.25) is 19.2 Å². The minimum atomic E-state index is -0.479. The van der Waals surface area contributed by atoms with Crippen molar-refractivity contribution in [2.45, 2.75) is 181 Å². The van der Waals surface area contributed by atoms with Crippen LogP contribution < -0.4 is 9.80 Å². The number of ether oxygens (including phenoxy) is 4. The molecule has 0 amide bonds. The van der Waals surface area contributed by atoms with E-state index in [2.05, 4.69) is 207 Å². The molecule has 0 saturated heterocycles. The molecule has 0 aliphatic heterocycles. The van der Waals surface area contributed by atoms with Crippen LogP contribution >= 0.6 is 0 Å². The van der Waals surface area contributed by atoms with Gasteiger partial charge in [-0.25, -0.2) is 0 Å². The van der Waals surface area contributed by atoms with Crippen LogP contribution in [0, 0.1) is 0 Å². The molecule has 4 atom stereocenters. The van der Waals surface area contributed by atoms with Crippen molar-refractivity contribution >= 4 is 79.5 Å². The normalized spacial score (nSPS) is 16.2. The lowest BCUT2D eigenvalue weighted by Gasteiger charge is -2.33. The van der Waals surface area contributed by atoms with Gasteiger partial charge in [-0.1, -0.05) is 176 Å². The van der Waals surface area contributed by atoms with Crippen LogP contribution in [0.1, 0.15) is 203 Å². The smallest absolute Gasteiger partial charge is 0.306 e. The van der Waals surface area contributed by atoms with Gasteiger partial charge in [-0.15, -0.1) is 0 Å². The molecule has 0 heterocycles. The molecule has 0 radical (unpaired) electrons. The topological polar surface area (TPSA) is 112 Å². The lowest BCUT2D eigenvalue weighted by Crippen LogP contribution is -2.23. The lowest BCUT2D eigenvalue weighted by molar-refractivity contribution is -0.156. The number of unbranched alkanes of at least 4 members (excludes halogenated alkanes) is 8. The van der Waals surface area contributed by atoms with E-state index in [0.717, 1.165) is 166 Å². The van der Waals surface area contributed by atoms with Crippen LogP contribution in [0.15, 0.2) is 170 Å². The van der Waals surface area contributed by atoms with E-state index >= 15 is 0 Å². The third-order valence-corrected chi connectivity index (χ3v) is 17.0. The maximum atomic E-state index is 13.4. The van der Waals surface area contributed by atoms with Crippen LogP contribution in [0.2, 0.25) is 0 Å². The molecule has 0 spiro atoms. The summed E-state index contributed by atoms with van der Waals surface area (Å²) in [4.78, 5) is 57.7. The van der Waals surface area contributed by atoms with Crippen molar-refractivity contribution in [1.82, 2.24) is 0 Å². The second-order valence-electron chi connectivity index (χ2n) is 23.4. The second kappa shape index (κ2) is 29.7. The molecule has 0 bridgehead atoms. The molecule has 10 rings (SSSR count). The van der Waals surface area contributed by atoms with Crippen molar-refractivity contribution in [3.05, 3.63) is 192 Å². The summed E-state index contributed by atoms with van der Waals surface area (Å²) in [6.07, 6.45) is 13.0. The molecule has 446 valence electrons. The van der Waals surface area contributed by atoms with Gasteiger partial charge in [0.1, 0.15) is 24.4 Å². The van der Waals surface area contributed by atoms with Crippen molar-refractivity contribution in [3.8, 4) is 11.1 Å². The SMILES string of the molecule is CCCCCC(=O)OC1CCC(OC(=O)CCCCC)c2cc(N(c3ccc(-c4ccc(N(c5ccc6c(c5)C(OC(=O)CCCCC)CCC6OC(=O)CCCCC)c5ccc6ccccc6c5)cc4)cc3)c3ccc4ccccc4c3)ccc21. The Morgan fingerprint density at radius 3 is 0.919 bits per heavy atom. The number of nitrogens with zero attached hydrogens (tertiary/aromatic N) is 2. The highest BCUT2D eigenvalue weighted by Gasteiger charge is 2.35. The van der Waals surface area contributed by atoms with Crippen molar-refractivity contribution in [2.75, 3.05) is 9.80 Å². The van der Waals surface area contributed by atoms with Gasteiger partial charge in [0.15, 0.2) is 0 Å². The summed E-state index contributed by atoms with van der Waals surface area (Å²) < 4.78 is 25.0. The van der Waals surface area contributed by atoms with E-state index in [1.165, 1.54) is 0 Å². The van der Waals surface area contributed by atoms with E-state index in [4.69, 9.17) is 18.9 Å². The van der Waals surface area contributed by atoms with Crippen LogP contribution in [0.4, 0.5) is 34.1 Å². The largest absolute Gasteiger partial charge is 0.457 e. The fourth-order valence-corrected chi connectivity index (χ4v) is 12.3. The molecular weight excluding hydrogens is 1070 g/mol. The van der Waals surface area contributed by atoms with Gasteiger partial charge in [0, 0.05) is 70.9 Å². The third-order valence-electron chi connectivity index (χ3n) is 17.0. The number of esters is 4. The summed E-state index contributed by atoms with van der Waals surface area (Å²) in [5.41, 5.74) is 11.2. The number of rotatable bonds is 27. The molecule has 86 heavy (non-hydrogen) atoms. The van der Waals surface area contributed by atoms with Gasteiger partial charge >= 0.3 is 23.9 Å². The number of hydrogen-bond acceptors (Lipinski definition) is 10. The maximum Gasteiger partial charge on any atom is 0.306 e. The van der Waals surface area contributed by atoms with Crippen LogP contribution in [0.5, 0.6) is 0 Å². The van der Waals surface area contributed by atoms with E-state index in [9.17, 15) is 19.2 Å². The van der Waals surface area contributed by atoms with Crippen LogP contribution in [-0.2, 0) is 38.1 Å². The van der Waals surface area contributed by atoms with Gasteiger partial charge in [0.25, 0.3) is 0 Å². The minimum Gasteiger partial charge on any atom is -0.457 e. The molecular formula is C76H84N2O8. The zero-order valence-corrected chi connectivity index (χ0v) is 50.8. The summed E-state index contributed by atoms with van der Waals surface area (Å²) in [6, 6.07) is 59.6. The molecule has 0 fully saturated rings. The number of carbonyl (C=O) groups excluding carboxylic acids is 4. The Morgan fingerprint density at radius 1 is 0.314 bits per heavy atom. The summed E-state index contributed by atoms with van der Waals surface area (Å²) >= 11 is 0. The van der Waals surface area contributed by atoms with Gasteiger partial charge < -0.3 is 28.7 Å². The van der Waals surface area contributed by atoms with E-state index in [-0.39, 0.29) is 23.9 Å². The average Bonchev–Trinajstić information content (AvgIpc) is 1.30. The first kappa shape index (κ1) is 60.9. The minimum absolute atomic E-state index is 0.197. The van der Waals surface area contributed by atoms with Crippen molar-refractivity contribution < 1.29 is 38.1 Å². The predicted octanol–water partition coefficient (Wildman–Crippen LogP) is 20.8. The molecule has 10 heteroatoms. The number of carbonyl (C=O) groups is 4. The lowest BCUT2D eigenvalue weighted by atomic mass is 9.86. The molecule has 10 nitrogen and oxygen atoms in total. The van der Waals surface area contributed by atoms with Crippen LogP contribution in [0.25, 0.3) is 32.7 Å². The van der Waals surface area contributed by atoms with Gasteiger partial charge in [-0.2, -0.15) is 0 Å². The highest BCUT2D eigenvalue weighted by Crippen LogP contribution is 2.48. The predicted molar refractivity (Wildman–Crippen MR) is 347 cm³/mol. The number of fused-ring (bicyclic) bond motifs is 4. The number of hydrogen-bond donors (Lipinski definition) is 0. The third kappa shape index (κ3) is 15.0. The molecule has 0 N–H and O–H groups in total. The Balaban J connectivity index is 0.991. The summed E-state index contributed by atoms with van der Waals surface area (Å²) in [6.45, 7) is 8.50. The highest BCUT2D eigenvalue weighted by atomic mass is 16.6. The fourth-order valence-electron chi connectivity index (χ4n) is 12.3. The van der Waals surface area contributed by atoms with Crippen LogP contribution in [-0.4, -0.2) is 23.9 Å². The first-order chi connectivity index (χ1) is 42.1. The van der Waals surface area contributed by atoms with Gasteiger partial charge in [0.2, 0.25) is 0 Å². The maximum absolute atomic E-state index is 13.4. The first-order valence-corrected chi connectivity index (χ1v) is 31.9. The summed E-state index contributed by atoms with van der Waals surface area (Å²) in [5.74, 6) is -0.805. The molecule has 0 aromatic heterocycles. The fraction of sp³-hybridized carbons (Fsp3) is 0.368. The quantitative estimate of drug-likeness (QED) is 0.0280. The number of benzene rings is 8. The van der Waals surface area contributed by atoms with Crippen molar-refractivity contribution in [1.29, 1.82) is 0 Å². The Labute approximate surface area is 508 Å². The Hall–Kier alpha value is -8.24. The van der Waals surface area contributed by atoms with Crippen LogP contribution in [0.3, 0.4) is 0 Å².